The molecule has 0 bridgehead atoms. The number of hydrogen-bond acceptors (Lipinski definition) is 3. The van der Waals surface area contributed by atoms with E-state index in [0.29, 0.717) is 31.6 Å². The molecule has 4 rings (SSSR count). The molecule has 0 amide bonds. The number of Topliss-reactive ketones (excluding diaryl/α,β-unsaturated/α-hetero) is 1. The third-order valence-electron chi connectivity index (χ3n) is 10.6. The predicted octanol–water partition coefficient (Wildman–Crippen LogP) is 6.23. The van der Waals surface area contributed by atoms with Crippen molar-refractivity contribution in [3.8, 4) is 0 Å². The Balaban J connectivity index is 1.57. The number of fused-ring (bicyclic) bond motifs is 5. The van der Waals surface area contributed by atoms with Crippen LogP contribution < -0.4 is 0 Å². The van der Waals surface area contributed by atoms with Crippen LogP contribution in [0, 0.1) is 46.3 Å². The minimum Gasteiger partial charge on any atom is -0.393 e. The highest BCUT2D eigenvalue weighted by atomic mass is 19.4. The second kappa shape index (κ2) is 8.47. The topological polar surface area (TPSA) is 57.5 Å². The molecule has 0 heterocycles. The number of aliphatic hydroxyl groups excluding tert-OH is 1. The van der Waals surface area contributed by atoms with Gasteiger partial charge < -0.3 is 10.2 Å². The van der Waals surface area contributed by atoms with Gasteiger partial charge in [-0.05, 0) is 91.4 Å². The molecule has 3 nitrogen and oxygen atoms in total. The average molecular weight is 511 g/mol. The van der Waals surface area contributed by atoms with E-state index in [9.17, 15) is 41.4 Å². The molecule has 0 aromatic carbocycles. The maximum atomic E-state index is 13.2. The highest BCUT2D eigenvalue weighted by Crippen LogP contribution is 2.67. The fraction of sp³-hybridized carbons (Fsp3) is 0.885. The molecule has 200 valence electrons. The Morgan fingerprint density at radius 2 is 1.51 bits per heavy atom. The van der Waals surface area contributed by atoms with Crippen molar-refractivity contribution in [1.29, 1.82) is 0 Å². The van der Waals surface area contributed by atoms with Crippen LogP contribution in [-0.2, 0) is 4.79 Å². The van der Waals surface area contributed by atoms with E-state index in [2.05, 4.69) is 13.8 Å². The van der Waals surface area contributed by atoms with Crippen LogP contribution in [0.2, 0.25) is 0 Å². The molecule has 4 aliphatic carbocycles. The monoisotopic (exact) mass is 510 g/mol. The molecule has 2 N–H and O–H groups in total. The fourth-order valence-corrected chi connectivity index (χ4v) is 8.70. The summed E-state index contributed by atoms with van der Waals surface area (Å²) in [6, 6.07) is 0. The Bertz CT molecular complexity index is 852. The molecule has 0 radical (unpaired) electrons. The van der Waals surface area contributed by atoms with Gasteiger partial charge in [0.15, 0.2) is 0 Å². The summed E-state index contributed by atoms with van der Waals surface area (Å²) in [7, 11) is 0. The summed E-state index contributed by atoms with van der Waals surface area (Å²) in [6.45, 7) is 5.88. The van der Waals surface area contributed by atoms with Crippen LogP contribution in [0.1, 0.15) is 72.1 Å². The molecule has 4 aliphatic rings. The SMILES string of the molecule is CC(/C=C/C(O)(C(F)(F)F)C(F)(F)F)C1CCC2C3CC(=O)[C@@H]4C[C@H](O)CCC4(C)C3CCC12C. The Kier molecular flexibility index (Phi) is 6.52. The zero-order chi connectivity index (χ0) is 26.2. The largest absolute Gasteiger partial charge is 0.429 e. The Hall–Kier alpha value is -1.09. The highest BCUT2D eigenvalue weighted by molar-refractivity contribution is 5.83. The first kappa shape index (κ1) is 27.0. The highest BCUT2D eigenvalue weighted by Gasteiger charge is 2.69. The van der Waals surface area contributed by atoms with Crippen molar-refractivity contribution in [2.24, 2.45) is 46.3 Å². The lowest BCUT2D eigenvalue weighted by Crippen LogP contribution is -2.57. The summed E-state index contributed by atoms with van der Waals surface area (Å²) in [5.41, 5.74) is -5.34. The third kappa shape index (κ3) is 4.07. The first-order valence-corrected chi connectivity index (χ1v) is 12.7. The fourth-order valence-electron chi connectivity index (χ4n) is 8.70. The van der Waals surface area contributed by atoms with E-state index in [-0.39, 0.29) is 46.4 Å². The normalized spacial score (nSPS) is 43.6. The van der Waals surface area contributed by atoms with Crippen LogP contribution in [0.15, 0.2) is 12.2 Å². The quantitative estimate of drug-likeness (QED) is 0.350. The van der Waals surface area contributed by atoms with Crippen molar-refractivity contribution < 1.29 is 41.4 Å². The van der Waals surface area contributed by atoms with Crippen LogP contribution in [-0.4, -0.2) is 40.1 Å². The third-order valence-corrected chi connectivity index (χ3v) is 10.6. The molecule has 4 saturated carbocycles. The van der Waals surface area contributed by atoms with Crippen LogP contribution in [0.5, 0.6) is 0 Å². The first-order valence-electron chi connectivity index (χ1n) is 12.7. The van der Waals surface area contributed by atoms with Gasteiger partial charge in [0, 0.05) is 12.3 Å². The number of hydrogen-bond donors (Lipinski definition) is 2. The number of ketones is 1. The van der Waals surface area contributed by atoms with E-state index in [1.165, 1.54) is 0 Å². The van der Waals surface area contributed by atoms with Crippen molar-refractivity contribution in [3.05, 3.63) is 12.2 Å². The number of carbonyl (C=O) groups is 1. The van der Waals surface area contributed by atoms with Crippen molar-refractivity contribution in [3.63, 3.8) is 0 Å². The van der Waals surface area contributed by atoms with E-state index >= 15 is 0 Å². The smallest absolute Gasteiger partial charge is 0.393 e. The van der Waals surface area contributed by atoms with Gasteiger partial charge in [-0.25, -0.2) is 0 Å². The van der Waals surface area contributed by atoms with E-state index in [4.69, 9.17) is 0 Å². The maximum absolute atomic E-state index is 13.2. The van der Waals surface area contributed by atoms with E-state index in [0.717, 1.165) is 31.8 Å². The van der Waals surface area contributed by atoms with Gasteiger partial charge in [-0.1, -0.05) is 26.8 Å². The van der Waals surface area contributed by atoms with Crippen molar-refractivity contribution in [1.82, 2.24) is 0 Å². The van der Waals surface area contributed by atoms with Gasteiger partial charge in [-0.3, -0.25) is 4.79 Å². The Morgan fingerprint density at radius 1 is 0.943 bits per heavy atom. The van der Waals surface area contributed by atoms with Gasteiger partial charge in [0.25, 0.3) is 5.60 Å². The summed E-state index contributed by atoms with van der Waals surface area (Å²) in [5, 5.41) is 19.7. The lowest BCUT2D eigenvalue weighted by molar-refractivity contribution is -0.347. The molecule has 0 aromatic heterocycles. The average Bonchev–Trinajstić information content (AvgIpc) is 3.09. The molecule has 4 fully saturated rings. The molecule has 7 unspecified atom stereocenters. The van der Waals surface area contributed by atoms with Gasteiger partial charge in [0.1, 0.15) is 5.78 Å². The minimum atomic E-state index is -5.87. The molecular weight excluding hydrogens is 474 g/mol. The molecule has 9 heteroatoms. The van der Waals surface area contributed by atoms with Crippen LogP contribution in [0.3, 0.4) is 0 Å². The van der Waals surface area contributed by atoms with Crippen molar-refractivity contribution >= 4 is 5.78 Å². The molecule has 0 saturated heterocycles. The summed E-state index contributed by atoms with van der Waals surface area (Å²) < 4.78 is 78.7. The standard InChI is InChI=1S/C26H36F6O3/c1-14(6-11-24(35,25(27,28)29)26(30,31)32)17-4-5-18-16-13-21(34)20-12-15(33)7-9-23(20,3)19(16)8-10-22(17,18)2/h6,11,14-20,33,35H,4-5,7-10,12-13H2,1-3H3/b11-6+/t14?,15-,16?,17?,18?,19?,20+,22?,23?/m1/s1. The predicted molar refractivity (Wildman–Crippen MR) is 117 cm³/mol. The van der Waals surface area contributed by atoms with Crippen molar-refractivity contribution in [2.45, 2.75) is 96.2 Å². The molecule has 0 aliphatic heterocycles. The summed E-state index contributed by atoms with van der Waals surface area (Å²) >= 11 is 0. The maximum Gasteiger partial charge on any atom is 0.429 e. The summed E-state index contributed by atoms with van der Waals surface area (Å²) in [5.74, 6) is -0.0109. The molecule has 35 heavy (non-hydrogen) atoms. The molecular formula is C26H36F6O3. The Morgan fingerprint density at radius 3 is 2.11 bits per heavy atom. The molecule has 0 aromatic rings. The number of halogens is 6. The number of carbonyl (C=O) groups excluding carboxylic acids is 1. The van der Waals surface area contributed by atoms with Gasteiger partial charge in [-0.2, -0.15) is 26.3 Å². The summed E-state index contributed by atoms with van der Waals surface area (Å²) in [4.78, 5) is 13.2. The zero-order valence-electron chi connectivity index (χ0n) is 20.4. The number of allylic oxidation sites excluding steroid dienone is 1. The van der Waals surface area contributed by atoms with Crippen LogP contribution >= 0.6 is 0 Å². The zero-order valence-corrected chi connectivity index (χ0v) is 20.4. The lowest BCUT2D eigenvalue weighted by Gasteiger charge is -2.60. The van der Waals surface area contributed by atoms with Gasteiger partial charge in [-0.15, -0.1) is 0 Å². The van der Waals surface area contributed by atoms with Crippen molar-refractivity contribution in [2.75, 3.05) is 0 Å². The first-order chi connectivity index (χ1) is 16.0. The number of rotatable bonds is 3. The van der Waals surface area contributed by atoms with Gasteiger partial charge >= 0.3 is 12.4 Å². The minimum absolute atomic E-state index is 0.122. The number of alkyl halides is 6. The summed E-state index contributed by atoms with van der Waals surface area (Å²) in [6.07, 6.45) is -5.86. The van der Waals surface area contributed by atoms with E-state index < -0.39 is 30.0 Å². The lowest BCUT2D eigenvalue weighted by atomic mass is 9.44. The van der Waals surface area contributed by atoms with E-state index in [1.807, 2.05) is 0 Å². The van der Waals surface area contributed by atoms with Crippen LogP contribution in [0.4, 0.5) is 26.3 Å². The van der Waals surface area contributed by atoms with Crippen LogP contribution in [0.25, 0.3) is 0 Å². The molecule has 0 spiro atoms. The van der Waals surface area contributed by atoms with Gasteiger partial charge in [0.05, 0.1) is 6.10 Å². The van der Waals surface area contributed by atoms with E-state index in [1.54, 1.807) is 6.92 Å². The second-order valence-electron chi connectivity index (χ2n) is 12.2. The molecule has 9 atom stereocenters. The van der Waals surface area contributed by atoms with Gasteiger partial charge in [0.2, 0.25) is 0 Å². The number of aliphatic hydroxyl groups is 2. The Labute approximate surface area is 202 Å². The second-order valence-corrected chi connectivity index (χ2v) is 12.2.